The Morgan fingerprint density at radius 1 is 0.767 bits per heavy atom. The van der Waals surface area contributed by atoms with Crippen molar-refractivity contribution in [2.75, 3.05) is 18.0 Å². The van der Waals surface area contributed by atoms with E-state index in [9.17, 15) is 0 Å². The van der Waals surface area contributed by atoms with Gasteiger partial charge >= 0.3 is 0 Å². The van der Waals surface area contributed by atoms with Crippen molar-refractivity contribution < 1.29 is 9.05 Å². The Labute approximate surface area is 179 Å². The molecule has 30 heavy (non-hydrogen) atoms. The van der Waals surface area contributed by atoms with Gasteiger partial charge in [0.15, 0.2) is 0 Å². The molecule has 0 aliphatic carbocycles. The second-order valence-electron chi connectivity index (χ2n) is 7.05. The van der Waals surface area contributed by atoms with Crippen LogP contribution in [0.3, 0.4) is 0 Å². The van der Waals surface area contributed by atoms with Crippen LogP contribution < -0.4 is 10.2 Å². The first-order valence-electron chi connectivity index (χ1n) is 9.49. The van der Waals surface area contributed by atoms with Crippen LogP contribution in [0.5, 0.6) is 0 Å². The number of hydrogen-bond donors (Lipinski definition) is 1. The number of benzene rings is 2. The minimum atomic E-state index is 0. The van der Waals surface area contributed by atoms with Gasteiger partial charge in [0, 0.05) is 49.4 Å². The lowest BCUT2D eigenvalue weighted by molar-refractivity contribution is 0.394. The number of rotatable bonds is 5. The van der Waals surface area contributed by atoms with Crippen LogP contribution >= 0.6 is 12.4 Å². The van der Waals surface area contributed by atoms with Crippen LogP contribution in [0.1, 0.15) is 11.8 Å². The van der Waals surface area contributed by atoms with Crippen LogP contribution in [0.2, 0.25) is 0 Å². The van der Waals surface area contributed by atoms with Crippen molar-refractivity contribution in [2.45, 2.75) is 19.9 Å². The molecule has 0 radical (unpaired) electrons. The summed E-state index contributed by atoms with van der Waals surface area (Å²) in [4.78, 5) is 10.9. The smallest absolute Gasteiger partial charge is 0.223 e. The highest BCUT2D eigenvalue weighted by atomic mass is 35.5. The predicted molar refractivity (Wildman–Crippen MR) is 115 cm³/mol. The van der Waals surface area contributed by atoms with Crippen molar-refractivity contribution in [3.63, 3.8) is 0 Å². The summed E-state index contributed by atoms with van der Waals surface area (Å²) < 4.78 is 10.2. The molecule has 0 saturated carbocycles. The van der Waals surface area contributed by atoms with E-state index < -0.39 is 0 Å². The number of hydrogen-bond acceptors (Lipinski definition) is 8. The van der Waals surface area contributed by atoms with Crippen LogP contribution in [0, 0.1) is 13.8 Å². The molecule has 1 aliphatic rings. The van der Waals surface area contributed by atoms with Crippen molar-refractivity contribution >= 4 is 23.8 Å². The Morgan fingerprint density at radius 3 is 1.50 bits per heavy atom. The van der Waals surface area contributed by atoms with Gasteiger partial charge in [-0.3, -0.25) is 0 Å². The molecular formula is C21H21ClN6O2. The van der Waals surface area contributed by atoms with E-state index in [0.717, 1.165) is 35.6 Å². The molecule has 0 bridgehead atoms. The molecule has 0 atom stereocenters. The summed E-state index contributed by atoms with van der Waals surface area (Å²) in [5, 5.41) is 11.3. The lowest BCUT2D eigenvalue weighted by Gasteiger charge is -2.40. The van der Waals surface area contributed by atoms with E-state index in [1.54, 1.807) is 13.8 Å². The maximum Gasteiger partial charge on any atom is 0.223 e. The van der Waals surface area contributed by atoms with E-state index >= 15 is 0 Å². The third kappa shape index (κ3) is 3.79. The summed E-state index contributed by atoms with van der Waals surface area (Å²) in [5.74, 6) is 2.32. The molecular weight excluding hydrogens is 404 g/mol. The molecule has 0 spiro atoms. The average molecular weight is 425 g/mol. The average Bonchev–Trinajstić information content (AvgIpc) is 3.33. The summed E-state index contributed by atoms with van der Waals surface area (Å²) in [7, 11) is 0. The summed E-state index contributed by atoms with van der Waals surface area (Å²) in [5.41, 5.74) is 4.09. The first kappa shape index (κ1) is 20.1. The number of halogens is 1. The van der Waals surface area contributed by atoms with E-state index in [1.807, 2.05) is 24.3 Å². The molecule has 0 unspecified atom stereocenters. The van der Waals surface area contributed by atoms with Crippen LogP contribution in [-0.2, 0) is 0 Å². The molecule has 1 fully saturated rings. The zero-order valence-corrected chi connectivity index (χ0v) is 17.4. The quantitative estimate of drug-likeness (QED) is 0.515. The molecule has 1 N–H and O–H groups in total. The van der Waals surface area contributed by atoms with Crippen molar-refractivity contribution in [1.29, 1.82) is 0 Å². The third-order valence-corrected chi connectivity index (χ3v) is 4.99. The number of aryl methyl sites for hydroxylation is 2. The van der Waals surface area contributed by atoms with Crippen LogP contribution in [0.25, 0.3) is 22.8 Å². The second kappa shape index (κ2) is 8.25. The van der Waals surface area contributed by atoms with Gasteiger partial charge in [0.25, 0.3) is 0 Å². The Balaban J connectivity index is 0.00000218. The van der Waals surface area contributed by atoms with E-state index in [0.29, 0.717) is 29.5 Å². The van der Waals surface area contributed by atoms with E-state index in [2.05, 4.69) is 54.8 Å². The molecule has 8 nitrogen and oxygen atoms in total. The van der Waals surface area contributed by atoms with Crippen molar-refractivity contribution in [2.24, 2.45) is 0 Å². The standard InChI is InChI=1S/C21H20N6O2.ClH/c1-13-23-20(25-28-13)15-3-7-17(8-4-15)27(19-11-22-12-19)18-9-5-16(6-10-18)21-24-14(2)29-26-21;/h3-10,19,22H,11-12H2,1-2H3;1H. The van der Waals surface area contributed by atoms with E-state index in [1.165, 1.54) is 0 Å². The van der Waals surface area contributed by atoms with Gasteiger partial charge in [-0.1, -0.05) is 10.3 Å². The molecule has 1 aliphatic heterocycles. The number of anilines is 2. The Bertz CT molecular complexity index is 1040. The number of nitrogens with zero attached hydrogens (tertiary/aromatic N) is 5. The van der Waals surface area contributed by atoms with E-state index in [-0.39, 0.29) is 12.4 Å². The molecule has 154 valence electrons. The van der Waals surface area contributed by atoms with Crippen LogP contribution in [-0.4, -0.2) is 39.4 Å². The lowest BCUT2D eigenvalue weighted by Crippen LogP contribution is -2.55. The fraction of sp³-hybridized carbons (Fsp3) is 0.238. The minimum Gasteiger partial charge on any atom is -0.339 e. The zero-order chi connectivity index (χ0) is 19.8. The Kier molecular flexibility index (Phi) is 5.52. The second-order valence-corrected chi connectivity index (χ2v) is 7.05. The summed E-state index contributed by atoms with van der Waals surface area (Å²) in [6.45, 7) is 5.46. The highest BCUT2D eigenvalue weighted by molar-refractivity contribution is 5.85. The van der Waals surface area contributed by atoms with Gasteiger partial charge in [0.2, 0.25) is 23.4 Å². The van der Waals surface area contributed by atoms with Gasteiger partial charge in [-0.2, -0.15) is 9.97 Å². The van der Waals surface area contributed by atoms with Gasteiger partial charge in [-0.15, -0.1) is 12.4 Å². The van der Waals surface area contributed by atoms with E-state index in [4.69, 9.17) is 9.05 Å². The largest absolute Gasteiger partial charge is 0.339 e. The first-order chi connectivity index (χ1) is 14.2. The SMILES string of the molecule is Cc1nc(-c2ccc(N(c3ccc(-c4noc(C)n4)cc3)C3CNC3)cc2)no1.Cl. The van der Waals surface area contributed by atoms with Crippen molar-refractivity contribution in [1.82, 2.24) is 25.6 Å². The lowest BCUT2D eigenvalue weighted by atomic mass is 10.1. The number of aromatic nitrogens is 4. The summed E-state index contributed by atoms with van der Waals surface area (Å²) >= 11 is 0. The number of nitrogens with one attached hydrogen (secondary N) is 1. The predicted octanol–water partition coefficient (Wildman–Crippen LogP) is 3.94. The fourth-order valence-corrected chi connectivity index (χ4v) is 3.40. The van der Waals surface area contributed by atoms with Gasteiger partial charge in [-0.05, 0) is 48.5 Å². The van der Waals surface area contributed by atoms with Crippen LogP contribution in [0.15, 0.2) is 57.6 Å². The van der Waals surface area contributed by atoms with Crippen LogP contribution in [0.4, 0.5) is 11.4 Å². The van der Waals surface area contributed by atoms with Crippen molar-refractivity contribution in [3.8, 4) is 22.8 Å². The molecule has 1 saturated heterocycles. The monoisotopic (exact) mass is 424 g/mol. The molecule has 3 heterocycles. The molecule has 4 aromatic rings. The maximum absolute atomic E-state index is 5.08. The normalized spacial score (nSPS) is 13.5. The molecule has 2 aromatic carbocycles. The fourth-order valence-electron chi connectivity index (χ4n) is 3.40. The highest BCUT2D eigenvalue weighted by Gasteiger charge is 2.26. The Hall–Kier alpha value is -3.23. The van der Waals surface area contributed by atoms with Gasteiger partial charge < -0.3 is 19.3 Å². The molecule has 9 heteroatoms. The maximum atomic E-state index is 5.08. The summed E-state index contributed by atoms with van der Waals surface area (Å²) in [6, 6.07) is 16.9. The topological polar surface area (TPSA) is 93.1 Å². The van der Waals surface area contributed by atoms with Gasteiger partial charge in [-0.25, -0.2) is 0 Å². The highest BCUT2D eigenvalue weighted by Crippen LogP contribution is 2.32. The van der Waals surface area contributed by atoms with Crippen molar-refractivity contribution in [3.05, 3.63) is 60.3 Å². The first-order valence-corrected chi connectivity index (χ1v) is 9.49. The molecule has 0 amide bonds. The van der Waals surface area contributed by atoms with Gasteiger partial charge in [0.05, 0.1) is 6.04 Å². The Morgan fingerprint density at radius 2 is 1.20 bits per heavy atom. The summed E-state index contributed by atoms with van der Waals surface area (Å²) in [6.07, 6.45) is 0. The molecule has 5 rings (SSSR count). The minimum absolute atomic E-state index is 0. The van der Waals surface area contributed by atoms with Gasteiger partial charge in [0.1, 0.15) is 0 Å². The third-order valence-electron chi connectivity index (χ3n) is 4.99. The zero-order valence-electron chi connectivity index (χ0n) is 16.6. The molecule has 2 aromatic heterocycles.